The first-order chi connectivity index (χ1) is 13.3. The van der Waals surface area contributed by atoms with Gasteiger partial charge < -0.3 is 10.2 Å². The molecule has 2 aromatic rings. The Morgan fingerprint density at radius 1 is 1.11 bits per heavy atom. The van der Waals surface area contributed by atoms with Gasteiger partial charge in [0.1, 0.15) is 11.9 Å². The van der Waals surface area contributed by atoms with Crippen LogP contribution in [-0.4, -0.2) is 29.3 Å². The molecule has 1 N–H and O–H groups in total. The van der Waals surface area contributed by atoms with E-state index < -0.39 is 11.9 Å². The van der Waals surface area contributed by atoms with E-state index in [1.54, 1.807) is 43.3 Å². The Hall–Kier alpha value is -2.11. The molecule has 0 bridgehead atoms. The predicted molar refractivity (Wildman–Crippen MR) is 110 cm³/mol. The van der Waals surface area contributed by atoms with Crippen LogP contribution in [0.15, 0.2) is 42.5 Å². The van der Waals surface area contributed by atoms with Gasteiger partial charge in [0.2, 0.25) is 11.8 Å². The summed E-state index contributed by atoms with van der Waals surface area (Å²) in [4.78, 5) is 26.9. The predicted octanol–water partition coefficient (Wildman–Crippen LogP) is 4.62. The van der Waals surface area contributed by atoms with Gasteiger partial charge in [-0.15, -0.1) is 0 Å². The number of carbonyl (C=O) groups is 2. The van der Waals surface area contributed by atoms with E-state index in [0.29, 0.717) is 27.7 Å². The molecule has 2 amide bonds. The summed E-state index contributed by atoms with van der Waals surface area (Å²) in [6, 6.07) is 10.4. The third-order valence-electron chi connectivity index (χ3n) is 4.40. The van der Waals surface area contributed by atoms with E-state index >= 15 is 0 Å². The summed E-state index contributed by atoms with van der Waals surface area (Å²) in [5.74, 6) is -1.09. The minimum Gasteiger partial charge on any atom is -0.354 e. The zero-order valence-corrected chi connectivity index (χ0v) is 17.4. The van der Waals surface area contributed by atoms with Gasteiger partial charge in [0.25, 0.3) is 0 Å². The minimum atomic E-state index is -0.778. The lowest BCUT2D eigenvalue weighted by Gasteiger charge is -2.29. The van der Waals surface area contributed by atoms with Crippen LogP contribution in [0.25, 0.3) is 0 Å². The molecule has 0 aliphatic carbocycles. The van der Waals surface area contributed by atoms with Crippen molar-refractivity contribution in [2.75, 3.05) is 6.54 Å². The highest BCUT2D eigenvalue weighted by atomic mass is 35.5. The van der Waals surface area contributed by atoms with Gasteiger partial charge in [-0.3, -0.25) is 9.59 Å². The molecule has 0 unspecified atom stereocenters. The molecule has 2 rings (SSSR count). The Labute approximate surface area is 174 Å². The molecule has 0 radical (unpaired) electrons. The van der Waals surface area contributed by atoms with Crippen molar-refractivity contribution in [3.63, 3.8) is 0 Å². The molecule has 0 aliphatic rings. The zero-order chi connectivity index (χ0) is 20.7. The van der Waals surface area contributed by atoms with E-state index in [-0.39, 0.29) is 24.8 Å². The van der Waals surface area contributed by atoms with Crippen LogP contribution < -0.4 is 5.32 Å². The molecule has 0 spiro atoms. The summed E-state index contributed by atoms with van der Waals surface area (Å²) >= 11 is 12.4. The first-order valence-electron chi connectivity index (χ1n) is 9.08. The standard InChI is InChI=1S/C21H23Cl2FN2O2/c1-3-11-25-21(28)14(2)26(13-15-7-4-5-10-19(15)24)20(27)12-16-17(22)8-6-9-18(16)23/h4-10,14H,3,11-13H2,1-2H3,(H,25,28)/t14-/m1/s1. The van der Waals surface area contributed by atoms with E-state index in [1.165, 1.54) is 11.0 Å². The normalized spacial score (nSPS) is 11.8. The lowest BCUT2D eigenvalue weighted by Crippen LogP contribution is -2.48. The van der Waals surface area contributed by atoms with Gasteiger partial charge in [-0.1, -0.05) is 54.4 Å². The molecule has 2 aromatic carbocycles. The third-order valence-corrected chi connectivity index (χ3v) is 5.11. The van der Waals surface area contributed by atoms with Crippen LogP contribution in [-0.2, 0) is 22.6 Å². The summed E-state index contributed by atoms with van der Waals surface area (Å²) in [7, 11) is 0. The second-order valence-electron chi connectivity index (χ2n) is 6.46. The van der Waals surface area contributed by atoms with Crippen molar-refractivity contribution in [2.45, 2.75) is 39.3 Å². The number of nitrogens with zero attached hydrogens (tertiary/aromatic N) is 1. The van der Waals surface area contributed by atoms with Crippen LogP contribution in [0.4, 0.5) is 4.39 Å². The van der Waals surface area contributed by atoms with Crippen LogP contribution in [0.1, 0.15) is 31.4 Å². The van der Waals surface area contributed by atoms with Gasteiger partial charge >= 0.3 is 0 Å². The van der Waals surface area contributed by atoms with Crippen molar-refractivity contribution in [3.05, 3.63) is 69.5 Å². The number of rotatable bonds is 8. The summed E-state index contributed by atoms with van der Waals surface area (Å²) in [5.41, 5.74) is 0.812. The van der Waals surface area contributed by atoms with Crippen LogP contribution in [0.3, 0.4) is 0 Å². The van der Waals surface area contributed by atoms with Gasteiger partial charge in [0, 0.05) is 28.7 Å². The average Bonchev–Trinajstić information content (AvgIpc) is 2.67. The van der Waals surface area contributed by atoms with Crippen molar-refractivity contribution in [1.82, 2.24) is 10.2 Å². The summed E-state index contributed by atoms with van der Waals surface area (Å²) in [6.45, 7) is 4.03. The third kappa shape index (κ3) is 5.69. The second kappa shape index (κ2) is 10.4. The van der Waals surface area contributed by atoms with Crippen LogP contribution in [0.5, 0.6) is 0 Å². The summed E-state index contributed by atoms with van der Waals surface area (Å²) in [5, 5.41) is 3.52. The van der Waals surface area contributed by atoms with Crippen LogP contribution in [0, 0.1) is 5.82 Å². The largest absolute Gasteiger partial charge is 0.354 e. The number of benzene rings is 2. The molecule has 1 atom stereocenters. The highest BCUT2D eigenvalue weighted by Gasteiger charge is 2.27. The molecule has 0 saturated carbocycles. The zero-order valence-electron chi connectivity index (χ0n) is 15.8. The first kappa shape index (κ1) is 22.2. The van der Waals surface area contributed by atoms with Crippen molar-refractivity contribution in [2.24, 2.45) is 0 Å². The number of amides is 2. The molecule has 7 heteroatoms. The quantitative estimate of drug-likeness (QED) is 0.671. The van der Waals surface area contributed by atoms with Crippen LogP contribution >= 0.6 is 23.2 Å². The summed E-state index contributed by atoms with van der Waals surface area (Å²) < 4.78 is 14.2. The minimum absolute atomic E-state index is 0.0334. The Morgan fingerprint density at radius 2 is 1.75 bits per heavy atom. The molecule has 0 heterocycles. The van der Waals surface area contributed by atoms with E-state index in [1.807, 2.05) is 6.92 Å². The Balaban J connectivity index is 2.29. The molecule has 28 heavy (non-hydrogen) atoms. The van der Waals surface area contributed by atoms with Crippen LogP contribution in [0.2, 0.25) is 10.0 Å². The van der Waals surface area contributed by atoms with Crippen molar-refractivity contribution >= 4 is 35.0 Å². The molecule has 150 valence electrons. The molecule has 0 fully saturated rings. The number of halogens is 3. The number of hydrogen-bond acceptors (Lipinski definition) is 2. The van der Waals surface area contributed by atoms with Crippen molar-refractivity contribution in [3.8, 4) is 0 Å². The maximum atomic E-state index is 14.2. The SMILES string of the molecule is CCCNC(=O)[C@@H](C)N(Cc1ccccc1F)C(=O)Cc1c(Cl)cccc1Cl. The fourth-order valence-corrected chi connectivity index (χ4v) is 3.27. The first-order valence-corrected chi connectivity index (χ1v) is 9.84. The fourth-order valence-electron chi connectivity index (χ4n) is 2.74. The van der Waals surface area contributed by atoms with E-state index in [9.17, 15) is 14.0 Å². The lowest BCUT2D eigenvalue weighted by molar-refractivity contribution is -0.140. The molecular formula is C21H23Cl2FN2O2. The monoisotopic (exact) mass is 424 g/mol. The number of nitrogens with one attached hydrogen (secondary N) is 1. The van der Waals surface area contributed by atoms with Gasteiger partial charge in [0.15, 0.2) is 0 Å². The van der Waals surface area contributed by atoms with E-state index in [4.69, 9.17) is 23.2 Å². The van der Waals surface area contributed by atoms with Gasteiger partial charge in [-0.2, -0.15) is 0 Å². The Kier molecular flexibility index (Phi) is 8.27. The second-order valence-corrected chi connectivity index (χ2v) is 7.27. The average molecular weight is 425 g/mol. The van der Waals surface area contributed by atoms with Gasteiger partial charge in [-0.05, 0) is 37.1 Å². The smallest absolute Gasteiger partial charge is 0.242 e. The van der Waals surface area contributed by atoms with Crippen molar-refractivity contribution in [1.29, 1.82) is 0 Å². The Bertz CT molecular complexity index is 825. The van der Waals surface area contributed by atoms with E-state index in [0.717, 1.165) is 6.42 Å². The topological polar surface area (TPSA) is 49.4 Å². The maximum Gasteiger partial charge on any atom is 0.242 e. The molecule has 0 aliphatic heterocycles. The number of hydrogen-bond donors (Lipinski definition) is 1. The molecule has 4 nitrogen and oxygen atoms in total. The Morgan fingerprint density at radius 3 is 2.36 bits per heavy atom. The van der Waals surface area contributed by atoms with Gasteiger partial charge in [0.05, 0.1) is 6.42 Å². The highest BCUT2D eigenvalue weighted by Crippen LogP contribution is 2.26. The molecule has 0 saturated heterocycles. The highest BCUT2D eigenvalue weighted by molar-refractivity contribution is 6.36. The lowest BCUT2D eigenvalue weighted by atomic mass is 10.1. The van der Waals surface area contributed by atoms with Crippen molar-refractivity contribution < 1.29 is 14.0 Å². The maximum absolute atomic E-state index is 14.2. The molecule has 0 aromatic heterocycles. The number of carbonyl (C=O) groups excluding carboxylic acids is 2. The molecular weight excluding hydrogens is 402 g/mol. The van der Waals surface area contributed by atoms with Gasteiger partial charge in [-0.25, -0.2) is 4.39 Å². The van der Waals surface area contributed by atoms with E-state index in [2.05, 4.69) is 5.32 Å². The fraction of sp³-hybridized carbons (Fsp3) is 0.333. The summed E-state index contributed by atoms with van der Waals surface area (Å²) in [6.07, 6.45) is 0.688.